The van der Waals surface area contributed by atoms with Crippen molar-refractivity contribution >= 4 is 6.09 Å². The van der Waals surface area contributed by atoms with E-state index >= 15 is 0 Å². The monoisotopic (exact) mass is 289 g/mol. The number of nitrogens with zero attached hydrogens (tertiary/aromatic N) is 1. The van der Waals surface area contributed by atoms with Gasteiger partial charge in [0.1, 0.15) is 23.8 Å². The lowest BCUT2D eigenvalue weighted by atomic mass is 9.96. The molecule has 0 saturated heterocycles. The van der Waals surface area contributed by atoms with Crippen LogP contribution in [0.25, 0.3) is 0 Å². The number of carbonyl (C=O) groups is 1. The van der Waals surface area contributed by atoms with E-state index in [4.69, 9.17) is 4.74 Å². The number of benzene rings is 1. The summed E-state index contributed by atoms with van der Waals surface area (Å²) < 4.78 is 18.3. The highest BCUT2D eigenvalue weighted by molar-refractivity contribution is 5.68. The van der Waals surface area contributed by atoms with E-state index in [-0.39, 0.29) is 11.9 Å². The third kappa shape index (κ3) is 3.21. The predicted octanol–water partition coefficient (Wildman–Crippen LogP) is 2.92. The van der Waals surface area contributed by atoms with Crippen LogP contribution in [0.4, 0.5) is 9.18 Å². The van der Waals surface area contributed by atoms with Gasteiger partial charge in [0.25, 0.3) is 0 Å². The smallest absolute Gasteiger partial charge is 0.408 e. The van der Waals surface area contributed by atoms with Crippen molar-refractivity contribution in [3.63, 3.8) is 0 Å². The molecule has 1 fully saturated rings. The molecular formula is C15H16FN3O2. The van der Waals surface area contributed by atoms with Gasteiger partial charge in [0.05, 0.1) is 0 Å². The summed E-state index contributed by atoms with van der Waals surface area (Å²) in [5, 5.41) is 2.78. The first-order valence-electron chi connectivity index (χ1n) is 6.94. The first kappa shape index (κ1) is 13.6. The number of hydrogen-bond acceptors (Lipinski definition) is 3. The average Bonchev–Trinajstić information content (AvgIpc) is 2.95. The van der Waals surface area contributed by atoms with Gasteiger partial charge < -0.3 is 15.0 Å². The largest absolute Gasteiger partial charge is 0.446 e. The lowest BCUT2D eigenvalue weighted by Crippen LogP contribution is -2.35. The molecule has 21 heavy (non-hydrogen) atoms. The predicted molar refractivity (Wildman–Crippen MR) is 74.1 cm³/mol. The van der Waals surface area contributed by atoms with E-state index in [2.05, 4.69) is 15.3 Å². The third-order valence-electron chi connectivity index (χ3n) is 3.58. The minimum absolute atomic E-state index is 0.00969. The van der Waals surface area contributed by atoms with Gasteiger partial charge in [-0.3, -0.25) is 0 Å². The number of rotatable bonds is 4. The molecule has 0 aliphatic heterocycles. The number of ether oxygens (including phenoxy) is 1. The first-order chi connectivity index (χ1) is 10.2. The SMILES string of the molecule is O=C(N[C@@H](c1ccc(F)cc1)c1ncc[nH]1)OC1CCC1. The van der Waals surface area contributed by atoms with Crippen LogP contribution in [-0.4, -0.2) is 22.2 Å². The molecule has 2 N–H and O–H groups in total. The van der Waals surface area contributed by atoms with Gasteiger partial charge in [0.15, 0.2) is 0 Å². The van der Waals surface area contributed by atoms with Crippen LogP contribution in [0, 0.1) is 5.82 Å². The minimum atomic E-state index is -0.492. The van der Waals surface area contributed by atoms with Crippen LogP contribution in [0.1, 0.15) is 36.7 Å². The topological polar surface area (TPSA) is 67.0 Å². The Kier molecular flexibility index (Phi) is 3.85. The molecule has 6 heteroatoms. The summed E-state index contributed by atoms with van der Waals surface area (Å²) in [4.78, 5) is 19.1. The number of carbonyl (C=O) groups excluding carboxylic acids is 1. The summed E-state index contributed by atoms with van der Waals surface area (Å²) in [7, 11) is 0. The second-order valence-electron chi connectivity index (χ2n) is 5.06. The second-order valence-corrected chi connectivity index (χ2v) is 5.06. The number of alkyl carbamates (subject to hydrolysis) is 1. The molecule has 0 unspecified atom stereocenters. The normalized spacial score (nSPS) is 16.0. The molecule has 5 nitrogen and oxygen atoms in total. The number of H-pyrrole nitrogens is 1. The Morgan fingerprint density at radius 1 is 1.38 bits per heavy atom. The van der Waals surface area contributed by atoms with Crippen LogP contribution in [0.5, 0.6) is 0 Å². The highest BCUT2D eigenvalue weighted by atomic mass is 19.1. The van der Waals surface area contributed by atoms with E-state index in [9.17, 15) is 9.18 Å². The van der Waals surface area contributed by atoms with E-state index in [0.717, 1.165) is 24.8 Å². The number of aromatic nitrogens is 2. The maximum Gasteiger partial charge on any atom is 0.408 e. The minimum Gasteiger partial charge on any atom is -0.446 e. The van der Waals surface area contributed by atoms with Gasteiger partial charge in [-0.25, -0.2) is 14.2 Å². The van der Waals surface area contributed by atoms with Gasteiger partial charge in [-0.1, -0.05) is 12.1 Å². The zero-order valence-corrected chi connectivity index (χ0v) is 11.4. The third-order valence-corrected chi connectivity index (χ3v) is 3.58. The zero-order valence-electron chi connectivity index (χ0n) is 11.4. The Morgan fingerprint density at radius 2 is 2.14 bits per heavy atom. The fourth-order valence-electron chi connectivity index (χ4n) is 2.19. The Hall–Kier alpha value is -2.37. The van der Waals surface area contributed by atoms with Crippen molar-refractivity contribution in [1.82, 2.24) is 15.3 Å². The van der Waals surface area contributed by atoms with Crippen molar-refractivity contribution in [2.75, 3.05) is 0 Å². The molecule has 3 rings (SSSR count). The van der Waals surface area contributed by atoms with Crippen LogP contribution in [0.15, 0.2) is 36.7 Å². The number of aromatic amines is 1. The van der Waals surface area contributed by atoms with Crippen molar-refractivity contribution < 1.29 is 13.9 Å². The number of halogens is 1. The van der Waals surface area contributed by atoms with Gasteiger partial charge in [-0.15, -0.1) is 0 Å². The molecule has 0 bridgehead atoms. The van der Waals surface area contributed by atoms with Crippen molar-refractivity contribution in [2.24, 2.45) is 0 Å². The average molecular weight is 289 g/mol. The van der Waals surface area contributed by atoms with Crippen LogP contribution in [-0.2, 0) is 4.74 Å². The maximum absolute atomic E-state index is 13.0. The molecular weight excluding hydrogens is 273 g/mol. The molecule has 1 aromatic carbocycles. The van der Waals surface area contributed by atoms with Crippen molar-refractivity contribution in [3.05, 3.63) is 53.9 Å². The lowest BCUT2D eigenvalue weighted by molar-refractivity contribution is 0.0510. The molecule has 0 spiro atoms. The van der Waals surface area contributed by atoms with Crippen molar-refractivity contribution in [1.29, 1.82) is 0 Å². The van der Waals surface area contributed by atoms with Crippen molar-refractivity contribution in [3.8, 4) is 0 Å². The van der Waals surface area contributed by atoms with Gasteiger partial charge in [0.2, 0.25) is 0 Å². The van der Waals surface area contributed by atoms with E-state index in [1.54, 1.807) is 24.5 Å². The molecule has 1 heterocycles. The molecule has 0 radical (unpaired) electrons. The molecule has 2 aromatic rings. The number of imidazole rings is 1. The number of nitrogens with one attached hydrogen (secondary N) is 2. The molecule has 1 aliphatic carbocycles. The van der Waals surface area contributed by atoms with E-state index in [1.807, 2.05) is 0 Å². The molecule has 110 valence electrons. The fourth-order valence-corrected chi connectivity index (χ4v) is 2.19. The first-order valence-corrected chi connectivity index (χ1v) is 6.94. The highest BCUT2D eigenvalue weighted by Gasteiger charge is 2.25. The Morgan fingerprint density at radius 3 is 2.71 bits per heavy atom. The Labute approximate surface area is 121 Å². The molecule has 1 aliphatic rings. The Bertz CT molecular complexity index is 594. The quantitative estimate of drug-likeness (QED) is 0.909. The summed E-state index contributed by atoms with van der Waals surface area (Å²) in [6.07, 6.45) is 5.72. The summed E-state index contributed by atoms with van der Waals surface area (Å²) >= 11 is 0. The van der Waals surface area contributed by atoms with Crippen LogP contribution in [0.3, 0.4) is 0 Å². The fraction of sp³-hybridized carbons (Fsp3) is 0.333. The maximum atomic E-state index is 13.0. The standard InChI is InChI=1S/C15H16FN3O2/c16-11-6-4-10(5-7-11)13(14-17-8-9-18-14)19-15(20)21-12-2-1-3-12/h4-9,12-13H,1-3H2,(H,17,18)(H,19,20)/t13-/m0/s1. The zero-order chi connectivity index (χ0) is 14.7. The molecule has 1 amide bonds. The van der Waals surface area contributed by atoms with Gasteiger partial charge in [-0.05, 0) is 37.0 Å². The van der Waals surface area contributed by atoms with Crippen molar-refractivity contribution in [2.45, 2.75) is 31.4 Å². The molecule has 1 atom stereocenters. The van der Waals surface area contributed by atoms with Crippen LogP contribution in [0.2, 0.25) is 0 Å². The number of hydrogen-bond donors (Lipinski definition) is 2. The van der Waals surface area contributed by atoms with Gasteiger partial charge in [-0.2, -0.15) is 0 Å². The summed E-state index contributed by atoms with van der Waals surface area (Å²) in [5.74, 6) is 0.251. The molecule has 1 aromatic heterocycles. The van der Waals surface area contributed by atoms with Gasteiger partial charge in [0, 0.05) is 12.4 Å². The number of amides is 1. The second kappa shape index (κ2) is 5.95. The summed E-state index contributed by atoms with van der Waals surface area (Å²) in [6.45, 7) is 0. The van der Waals surface area contributed by atoms with E-state index < -0.39 is 12.1 Å². The van der Waals surface area contributed by atoms with E-state index in [0.29, 0.717) is 5.82 Å². The van der Waals surface area contributed by atoms with Gasteiger partial charge >= 0.3 is 6.09 Å². The highest BCUT2D eigenvalue weighted by Crippen LogP contribution is 2.23. The summed E-state index contributed by atoms with van der Waals surface area (Å²) in [6, 6.07) is 5.44. The molecule has 1 saturated carbocycles. The lowest BCUT2D eigenvalue weighted by Gasteiger charge is -2.26. The Balaban J connectivity index is 1.76. The van der Waals surface area contributed by atoms with Crippen LogP contribution < -0.4 is 5.32 Å². The van der Waals surface area contributed by atoms with Crippen LogP contribution >= 0.6 is 0 Å². The van der Waals surface area contributed by atoms with E-state index in [1.165, 1.54) is 12.1 Å². The summed E-state index contributed by atoms with van der Waals surface area (Å²) in [5.41, 5.74) is 0.733.